The average molecular weight is 290 g/mol. The van der Waals surface area contributed by atoms with Crippen LogP contribution in [0, 0.1) is 6.92 Å². The maximum Gasteiger partial charge on any atom is 0.144 e. The largest absolute Gasteiger partial charge is 0.455 e. The maximum atomic E-state index is 6.16. The Balaban J connectivity index is 2.04. The first-order valence-electron chi connectivity index (χ1n) is 6.95. The van der Waals surface area contributed by atoms with Gasteiger partial charge in [-0.05, 0) is 24.4 Å². The first kappa shape index (κ1) is 12.4. The molecule has 1 nitrogen and oxygen atoms in total. The van der Waals surface area contributed by atoms with E-state index < -0.39 is 0 Å². The van der Waals surface area contributed by atoms with Crippen LogP contribution in [0.1, 0.15) is 5.56 Å². The molecule has 0 N–H and O–H groups in total. The monoisotopic (exact) mass is 290 g/mol. The smallest absolute Gasteiger partial charge is 0.144 e. The molecule has 102 valence electrons. The quantitative estimate of drug-likeness (QED) is 0.432. The minimum atomic E-state index is 0.941. The summed E-state index contributed by atoms with van der Waals surface area (Å²) in [4.78, 5) is 1.25. The van der Waals surface area contributed by atoms with Gasteiger partial charge in [0.25, 0.3) is 0 Å². The molecule has 4 aromatic rings. The maximum absolute atomic E-state index is 6.16. The lowest BCUT2D eigenvalue weighted by Crippen LogP contribution is -1.79. The van der Waals surface area contributed by atoms with E-state index in [2.05, 4.69) is 60.8 Å². The van der Waals surface area contributed by atoms with Gasteiger partial charge in [-0.1, -0.05) is 54.1 Å². The average Bonchev–Trinajstić information content (AvgIpc) is 3.14. The molecule has 0 saturated heterocycles. The van der Waals surface area contributed by atoms with Crippen molar-refractivity contribution < 1.29 is 4.42 Å². The first-order valence-corrected chi connectivity index (χ1v) is 7.83. The molecule has 2 heteroatoms. The van der Waals surface area contributed by atoms with Crippen LogP contribution in [0.4, 0.5) is 0 Å². The molecule has 0 spiro atoms. The van der Waals surface area contributed by atoms with Crippen molar-refractivity contribution in [3.05, 3.63) is 71.6 Å². The Morgan fingerprint density at radius 3 is 2.43 bits per heavy atom. The Labute approximate surface area is 127 Å². The van der Waals surface area contributed by atoms with Gasteiger partial charge in [0.2, 0.25) is 0 Å². The predicted molar refractivity (Wildman–Crippen MR) is 89.7 cm³/mol. The molecule has 2 aromatic heterocycles. The van der Waals surface area contributed by atoms with E-state index in [1.54, 1.807) is 11.3 Å². The fourth-order valence-electron chi connectivity index (χ4n) is 2.62. The van der Waals surface area contributed by atoms with Gasteiger partial charge in [-0.25, -0.2) is 0 Å². The van der Waals surface area contributed by atoms with Crippen LogP contribution in [0.15, 0.2) is 70.5 Å². The third-order valence-electron chi connectivity index (χ3n) is 3.68. The summed E-state index contributed by atoms with van der Waals surface area (Å²) in [5, 5.41) is 3.28. The zero-order valence-electron chi connectivity index (χ0n) is 11.7. The molecule has 0 aliphatic rings. The Morgan fingerprint density at radius 1 is 0.857 bits per heavy atom. The van der Waals surface area contributed by atoms with Gasteiger partial charge in [-0.15, -0.1) is 11.3 Å². The Kier molecular flexibility index (Phi) is 2.90. The molecule has 0 aliphatic heterocycles. The lowest BCUT2D eigenvalue weighted by atomic mass is 10.0. The standard InChI is InChI=1S/C19H14OS/c1-13-8-10-14(11-9-13)19-18(17-7-4-12-21-17)15-5-2-3-6-16(15)20-19/h2-12H,1H3. The molecule has 2 aromatic carbocycles. The third-order valence-corrected chi connectivity index (χ3v) is 4.56. The normalized spacial score (nSPS) is 11.1. The number of fused-ring (bicyclic) bond motifs is 1. The number of rotatable bonds is 2. The van der Waals surface area contributed by atoms with E-state index >= 15 is 0 Å². The highest BCUT2D eigenvalue weighted by molar-refractivity contribution is 7.13. The fraction of sp³-hybridized carbons (Fsp3) is 0.0526. The number of benzene rings is 2. The molecule has 0 radical (unpaired) electrons. The molecular formula is C19H14OS. The Bertz CT molecular complexity index is 883. The van der Waals surface area contributed by atoms with Crippen molar-refractivity contribution in [1.82, 2.24) is 0 Å². The number of furan rings is 1. The second kappa shape index (κ2) is 4.90. The summed E-state index contributed by atoms with van der Waals surface area (Å²) in [6.07, 6.45) is 0. The van der Waals surface area contributed by atoms with Crippen molar-refractivity contribution in [3.63, 3.8) is 0 Å². The number of hydrogen-bond donors (Lipinski definition) is 0. The summed E-state index contributed by atoms with van der Waals surface area (Å²) >= 11 is 1.75. The molecule has 0 amide bonds. The Morgan fingerprint density at radius 2 is 1.67 bits per heavy atom. The SMILES string of the molecule is Cc1ccc(-c2oc3ccccc3c2-c2cccs2)cc1. The number of thiophene rings is 1. The van der Waals surface area contributed by atoms with E-state index in [1.807, 2.05) is 12.1 Å². The number of aryl methyl sites for hydroxylation is 1. The van der Waals surface area contributed by atoms with Crippen LogP contribution in [0.2, 0.25) is 0 Å². The van der Waals surface area contributed by atoms with Crippen LogP contribution in [0.5, 0.6) is 0 Å². The van der Waals surface area contributed by atoms with Gasteiger partial charge >= 0.3 is 0 Å². The van der Waals surface area contributed by atoms with Gasteiger partial charge in [-0.3, -0.25) is 0 Å². The van der Waals surface area contributed by atoms with Crippen molar-refractivity contribution >= 4 is 22.3 Å². The predicted octanol–water partition coefficient (Wildman–Crippen LogP) is 6.14. The molecule has 0 aliphatic carbocycles. The number of hydrogen-bond acceptors (Lipinski definition) is 2. The highest BCUT2D eigenvalue weighted by atomic mass is 32.1. The zero-order chi connectivity index (χ0) is 14.2. The molecule has 4 rings (SSSR count). The van der Waals surface area contributed by atoms with Gasteiger partial charge in [-0.2, -0.15) is 0 Å². The molecule has 0 bridgehead atoms. The van der Waals surface area contributed by atoms with E-state index in [1.165, 1.54) is 21.4 Å². The van der Waals surface area contributed by atoms with Crippen molar-refractivity contribution in [3.8, 4) is 21.8 Å². The van der Waals surface area contributed by atoms with Crippen LogP contribution in [0.3, 0.4) is 0 Å². The summed E-state index contributed by atoms with van der Waals surface area (Å²) in [6.45, 7) is 2.10. The lowest BCUT2D eigenvalue weighted by molar-refractivity contribution is 0.632. The molecule has 2 heterocycles. The van der Waals surface area contributed by atoms with E-state index in [9.17, 15) is 0 Å². The van der Waals surface area contributed by atoms with Gasteiger partial charge in [0.15, 0.2) is 0 Å². The lowest BCUT2D eigenvalue weighted by Gasteiger charge is -2.02. The Hall–Kier alpha value is -2.32. The van der Waals surface area contributed by atoms with Crippen molar-refractivity contribution in [1.29, 1.82) is 0 Å². The van der Waals surface area contributed by atoms with Crippen LogP contribution in [0.25, 0.3) is 32.7 Å². The van der Waals surface area contributed by atoms with Gasteiger partial charge in [0.05, 0.1) is 0 Å². The van der Waals surface area contributed by atoms with Crippen molar-refractivity contribution in [2.75, 3.05) is 0 Å². The van der Waals surface area contributed by atoms with Crippen LogP contribution >= 0.6 is 11.3 Å². The summed E-state index contributed by atoms with van der Waals surface area (Å²) in [7, 11) is 0. The molecular weight excluding hydrogens is 276 g/mol. The second-order valence-corrected chi connectivity index (χ2v) is 6.09. The molecule has 0 saturated carbocycles. The minimum absolute atomic E-state index is 0.941. The van der Waals surface area contributed by atoms with E-state index in [0.29, 0.717) is 0 Å². The van der Waals surface area contributed by atoms with Crippen LogP contribution in [-0.4, -0.2) is 0 Å². The third kappa shape index (κ3) is 2.08. The van der Waals surface area contributed by atoms with Crippen LogP contribution < -0.4 is 0 Å². The minimum Gasteiger partial charge on any atom is -0.455 e. The summed E-state index contributed by atoms with van der Waals surface area (Å²) in [6, 6.07) is 21.0. The molecule has 0 fully saturated rings. The summed E-state index contributed by atoms with van der Waals surface area (Å²) in [5.74, 6) is 0.957. The highest BCUT2D eigenvalue weighted by Gasteiger charge is 2.17. The fourth-order valence-corrected chi connectivity index (χ4v) is 3.40. The van der Waals surface area contributed by atoms with Crippen LogP contribution in [-0.2, 0) is 0 Å². The zero-order valence-corrected chi connectivity index (χ0v) is 12.5. The van der Waals surface area contributed by atoms with Crippen molar-refractivity contribution in [2.24, 2.45) is 0 Å². The topological polar surface area (TPSA) is 13.1 Å². The summed E-state index contributed by atoms with van der Waals surface area (Å²) in [5.41, 5.74) is 4.52. The highest BCUT2D eigenvalue weighted by Crippen LogP contribution is 2.42. The van der Waals surface area contributed by atoms with E-state index in [0.717, 1.165) is 16.9 Å². The first-order chi connectivity index (χ1) is 10.3. The van der Waals surface area contributed by atoms with E-state index in [-0.39, 0.29) is 0 Å². The molecule has 21 heavy (non-hydrogen) atoms. The molecule has 0 unspecified atom stereocenters. The van der Waals surface area contributed by atoms with Gasteiger partial charge < -0.3 is 4.42 Å². The van der Waals surface area contributed by atoms with Gasteiger partial charge in [0.1, 0.15) is 11.3 Å². The summed E-state index contributed by atoms with van der Waals surface area (Å²) < 4.78 is 6.16. The van der Waals surface area contributed by atoms with Crippen molar-refractivity contribution in [2.45, 2.75) is 6.92 Å². The second-order valence-electron chi connectivity index (χ2n) is 5.15. The molecule has 0 atom stereocenters. The van der Waals surface area contributed by atoms with E-state index in [4.69, 9.17) is 4.42 Å². The number of para-hydroxylation sites is 1. The van der Waals surface area contributed by atoms with Gasteiger partial charge in [0, 0.05) is 21.4 Å².